The van der Waals surface area contributed by atoms with Gasteiger partial charge in [-0.05, 0) is 50.2 Å². The summed E-state index contributed by atoms with van der Waals surface area (Å²) in [7, 11) is 0. The number of carbonyl (C=O) groups is 2. The van der Waals surface area contributed by atoms with Gasteiger partial charge in [0.2, 0.25) is 0 Å². The Morgan fingerprint density at radius 2 is 1.97 bits per heavy atom. The highest BCUT2D eigenvalue weighted by Gasteiger charge is 2.20. The first kappa shape index (κ1) is 21.6. The normalized spacial score (nSPS) is 11.4. The molecule has 0 aliphatic heterocycles. The van der Waals surface area contributed by atoms with E-state index >= 15 is 0 Å². The van der Waals surface area contributed by atoms with E-state index in [4.69, 9.17) is 10.00 Å². The summed E-state index contributed by atoms with van der Waals surface area (Å²) in [6.45, 7) is 3.46. The van der Waals surface area contributed by atoms with Crippen LogP contribution in [-0.4, -0.2) is 23.0 Å². The van der Waals surface area contributed by atoms with E-state index in [9.17, 15) is 9.59 Å². The number of nitriles is 1. The number of thiazole rings is 1. The number of rotatable bonds is 7. The summed E-state index contributed by atoms with van der Waals surface area (Å²) >= 11 is 3.25. The van der Waals surface area contributed by atoms with Crippen LogP contribution in [0, 0.1) is 18.3 Å². The molecule has 0 bridgehead atoms. The number of aromatic nitrogens is 1. The zero-order valence-corrected chi connectivity index (χ0v) is 18.0. The zero-order valence-electron chi connectivity index (χ0n) is 16.4. The molecule has 1 atom stereocenters. The third kappa shape index (κ3) is 5.69. The molecule has 8 heteroatoms. The van der Waals surface area contributed by atoms with E-state index < -0.39 is 18.0 Å². The van der Waals surface area contributed by atoms with Crippen LogP contribution < -0.4 is 5.32 Å². The summed E-state index contributed by atoms with van der Waals surface area (Å²) in [5.74, 6) is -0.329. The second-order valence-corrected chi connectivity index (χ2v) is 8.48. The van der Waals surface area contributed by atoms with E-state index in [1.54, 1.807) is 59.5 Å². The number of hydrogen-bond donors (Lipinski definition) is 1. The van der Waals surface area contributed by atoms with Crippen molar-refractivity contribution < 1.29 is 14.3 Å². The SMILES string of the molecule is Cc1nc(CSc2ccc(C(=O)OC(C)C(=O)Nc3ccccc3C#N)cc2)cs1. The van der Waals surface area contributed by atoms with Crippen molar-refractivity contribution in [3.63, 3.8) is 0 Å². The molecule has 0 aliphatic carbocycles. The molecule has 0 saturated carbocycles. The standard InChI is InChI=1S/C22H19N3O3S2/c1-14(21(26)25-20-6-4-3-5-17(20)11-23)28-22(27)16-7-9-19(10-8-16)30-13-18-12-29-15(2)24-18/h3-10,12,14H,13H2,1-2H3,(H,25,26). The Kier molecular flexibility index (Phi) is 7.22. The second-order valence-electron chi connectivity index (χ2n) is 6.37. The van der Waals surface area contributed by atoms with Crippen molar-refractivity contribution in [1.82, 2.24) is 4.98 Å². The number of esters is 1. The molecule has 3 aromatic rings. The van der Waals surface area contributed by atoms with Crippen LogP contribution in [-0.2, 0) is 15.3 Å². The third-order valence-electron chi connectivity index (χ3n) is 4.10. The quantitative estimate of drug-likeness (QED) is 0.422. The summed E-state index contributed by atoms with van der Waals surface area (Å²) in [6, 6.07) is 15.7. The van der Waals surface area contributed by atoms with Crippen LogP contribution in [0.1, 0.15) is 33.5 Å². The average Bonchev–Trinajstić information content (AvgIpc) is 3.18. The lowest BCUT2D eigenvalue weighted by Crippen LogP contribution is -2.30. The van der Waals surface area contributed by atoms with Crippen LogP contribution in [0.15, 0.2) is 58.8 Å². The molecule has 1 amide bonds. The molecule has 1 heterocycles. The number of anilines is 1. The van der Waals surface area contributed by atoms with Gasteiger partial charge in [-0.2, -0.15) is 5.26 Å². The van der Waals surface area contributed by atoms with Crippen LogP contribution in [0.2, 0.25) is 0 Å². The van der Waals surface area contributed by atoms with Gasteiger partial charge in [-0.15, -0.1) is 23.1 Å². The maximum atomic E-state index is 12.4. The minimum atomic E-state index is -1.01. The molecule has 0 aliphatic rings. The van der Waals surface area contributed by atoms with Crippen molar-refractivity contribution in [3.8, 4) is 6.07 Å². The van der Waals surface area contributed by atoms with Gasteiger partial charge < -0.3 is 10.1 Å². The van der Waals surface area contributed by atoms with E-state index in [0.717, 1.165) is 21.3 Å². The third-order valence-corrected chi connectivity index (χ3v) is 5.97. The van der Waals surface area contributed by atoms with Gasteiger partial charge in [0, 0.05) is 16.0 Å². The molecular weight excluding hydrogens is 418 g/mol. The van der Waals surface area contributed by atoms with Crippen LogP contribution in [0.3, 0.4) is 0 Å². The Labute approximate surface area is 182 Å². The predicted molar refractivity (Wildman–Crippen MR) is 118 cm³/mol. The number of ether oxygens (including phenoxy) is 1. The van der Waals surface area contributed by atoms with Crippen molar-refractivity contribution in [2.75, 3.05) is 5.32 Å². The number of nitrogens with zero attached hydrogens (tertiary/aromatic N) is 2. The van der Waals surface area contributed by atoms with Gasteiger partial charge in [-0.1, -0.05) is 12.1 Å². The van der Waals surface area contributed by atoms with Gasteiger partial charge in [0.15, 0.2) is 6.10 Å². The molecule has 1 unspecified atom stereocenters. The molecule has 1 aromatic heterocycles. The van der Waals surface area contributed by atoms with E-state index in [0.29, 0.717) is 16.8 Å². The smallest absolute Gasteiger partial charge is 0.338 e. The van der Waals surface area contributed by atoms with E-state index in [1.165, 1.54) is 6.92 Å². The molecule has 1 N–H and O–H groups in total. The van der Waals surface area contributed by atoms with Gasteiger partial charge >= 0.3 is 5.97 Å². The Balaban J connectivity index is 1.54. The molecule has 3 rings (SSSR count). The van der Waals surface area contributed by atoms with Crippen LogP contribution >= 0.6 is 23.1 Å². The van der Waals surface area contributed by atoms with Crippen LogP contribution in [0.4, 0.5) is 5.69 Å². The van der Waals surface area contributed by atoms with Gasteiger partial charge in [-0.25, -0.2) is 9.78 Å². The highest BCUT2D eigenvalue weighted by atomic mass is 32.2. The molecular formula is C22H19N3O3S2. The summed E-state index contributed by atoms with van der Waals surface area (Å²) in [5, 5.41) is 14.8. The van der Waals surface area contributed by atoms with Crippen molar-refractivity contribution in [2.24, 2.45) is 0 Å². The van der Waals surface area contributed by atoms with Crippen molar-refractivity contribution in [2.45, 2.75) is 30.6 Å². The lowest BCUT2D eigenvalue weighted by atomic mass is 10.2. The molecule has 30 heavy (non-hydrogen) atoms. The number of hydrogen-bond acceptors (Lipinski definition) is 7. The fourth-order valence-electron chi connectivity index (χ4n) is 2.53. The molecule has 0 saturated heterocycles. The monoisotopic (exact) mass is 437 g/mol. The van der Waals surface area contributed by atoms with Gasteiger partial charge in [0.1, 0.15) is 6.07 Å². The lowest BCUT2D eigenvalue weighted by Gasteiger charge is -2.14. The minimum absolute atomic E-state index is 0.338. The van der Waals surface area contributed by atoms with Gasteiger partial charge in [0.05, 0.1) is 27.5 Å². The topological polar surface area (TPSA) is 92.1 Å². The second kappa shape index (κ2) is 10.1. The molecule has 0 spiro atoms. The molecule has 0 radical (unpaired) electrons. The van der Waals surface area contributed by atoms with Gasteiger partial charge in [-0.3, -0.25) is 4.79 Å². The molecule has 0 fully saturated rings. The maximum Gasteiger partial charge on any atom is 0.338 e. The predicted octanol–water partition coefficient (Wildman–Crippen LogP) is 4.80. The molecule has 152 valence electrons. The number of para-hydroxylation sites is 1. The van der Waals surface area contributed by atoms with Crippen LogP contribution in [0.25, 0.3) is 0 Å². The number of aryl methyl sites for hydroxylation is 1. The average molecular weight is 438 g/mol. The lowest BCUT2D eigenvalue weighted by molar-refractivity contribution is -0.123. The largest absolute Gasteiger partial charge is 0.449 e. The van der Waals surface area contributed by atoms with E-state index in [-0.39, 0.29) is 0 Å². The van der Waals surface area contributed by atoms with Gasteiger partial charge in [0.25, 0.3) is 5.91 Å². The van der Waals surface area contributed by atoms with E-state index in [2.05, 4.69) is 10.3 Å². The zero-order chi connectivity index (χ0) is 21.5. The number of benzene rings is 2. The number of nitrogens with one attached hydrogen (secondary N) is 1. The highest BCUT2D eigenvalue weighted by Crippen LogP contribution is 2.24. The Bertz CT molecular complexity index is 1090. The summed E-state index contributed by atoms with van der Waals surface area (Å²) in [4.78, 5) is 30.1. The number of amides is 1. The fraction of sp³-hybridized carbons (Fsp3) is 0.182. The van der Waals surface area contributed by atoms with E-state index in [1.807, 2.05) is 30.5 Å². The maximum absolute atomic E-state index is 12.4. The molecule has 2 aromatic carbocycles. The number of carbonyl (C=O) groups excluding carboxylic acids is 2. The van der Waals surface area contributed by atoms with Crippen LogP contribution in [0.5, 0.6) is 0 Å². The number of thioether (sulfide) groups is 1. The summed E-state index contributed by atoms with van der Waals surface area (Å²) in [5.41, 5.74) is 2.11. The Morgan fingerprint density at radius 1 is 1.23 bits per heavy atom. The summed E-state index contributed by atoms with van der Waals surface area (Å²) < 4.78 is 5.27. The first-order valence-corrected chi connectivity index (χ1v) is 11.0. The van der Waals surface area contributed by atoms with Crippen molar-refractivity contribution in [3.05, 3.63) is 75.7 Å². The highest BCUT2D eigenvalue weighted by molar-refractivity contribution is 7.98. The fourth-order valence-corrected chi connectivity index (χ4v) is 4.03. The minimum Gasteiger partial charge on any atom is -0.449 e. The van der Waals surface area contributed by atoms with Crippen molar-refractivity contribution >= 4 is 40.7 Å². The molecule has 6 nitrogen and oxygen atoms in total. The first-order valence-electron chi connectivity index (χ1n) is 9.11. The Hall–Kier alpha value is -3.15. The Morgan fingerprint density at radius 3 is 2.63 bits per heavy atom. The van der Waals surface area contributed by atoms with Crippen molar-refractivity contribution in [1.29, 1.82) is 5.26 Å². The summed E-state index contributed by atoms with van der Waals surface area (Å²) in [6.07, 6.45) is -1.01. The first-order chi connectivity index (χ1) is 14.5.